The molecule has 23 heavy (non-hydrogen) atoms. The number of esters is 1. The molecule has 124 valence electrons. The number of nitrogens with one attached hydrogen (secondary N) is 2. The van der Waals surface area contributed by atoms with Gasteiger partial charge in [0.05, 0.1) is 7.11 Å². The first-order valence-electron chi connectivity index (χ1n) is 7.73. The number of carbonyl (C=O) groups excluding carboxylic acids is 1. The molecule has 0 spiro atoms. The first kappa shape index (κ1) is 17.4. The molecule has 1 aliphatic heterocycles. The first-order valence-corrected chi connectivity index (χ1v) is 8.10. The Hall–Kier alpha value is -1.94. The summed E-state index contributed by atoms with van der Waals surface area (Å²) >= 11 is 6.02. The van der Waals surface area contributed by atoms with Gasteiger partial charge in [0, 0.05) is 22.8 Å². The molecule has 4 nitrogen and oxygen atoms in total. The van der Waals surface area contributed by atoms with E-state index < -0.39 is 0 Å². The molecule has 0 amide bonds. The van der Waals surface area contributed by atoms with E-state index in [0.717, 1.165) is 29.0 Å². The minimum atomic E-state index is -0.346. The van der Waals surface area contributed by atoms with E-state index >= 15 is 0 Å². The van der Waals surface area contributed by atoms with Crippen LogP contribution >= 0.6 is 11.6 Å². The summed E-state index contributed by atoms with van der Waals surface area (Å²) in [6, 6.07) is 0. The van der Waals surface area contributed by atoms with Crippen molar-refractivity contribution >= 4 is 17.6 Å². The van der Waals surface area contributed by atoms with Gasteiger partial charge in [0.15, 0.2) is 0 Å². The Kier molecular flexibility index (Phi) is 5.72. The standard InChI is InChI=1S/C18H23ClN2O2/c1-5-15-13(7-6-12(3)19)14(8-9-20-15)16-11(2)10-21-17(16)18(22)23-4/h6,8-10,14,20-21H,5,7H2,1-4H3/b12-6+. The number of H-pyrrole nitrogens is 1. The van der Waals surface area contributed by atoms with Crippen LogP contribution in [0.1, 0.15) is 54.2 Å². The predicted molar refractivity (Wildman–Crippen MR) is 93.4 cm³/mol. The van der Waals surface area contributed by atoms with E-state index in [-0.39, 0.29) is 11.9 Å². The summed E-state index contributed by atoms with van der Waals surface area (Å²) in [6.07, 6.45) is 9.50. The van der Waals surface area contributed by atoms with Crippen LogP contribution in [0, 0.1) is 6.92 Å². The summed E-state index contributed by atoms with van der Waals surface area (Å²) < 4.78 is 4.91. The van der Waals surface area contributed by atoms with Crippen LogP contribution in [0.5, 0.6) is 0 Å². The Bertz CT molecular complexity index is 679. The van der Waals surface area contributed by atoms with Gasteiger partial charge in [-0.2, -0.15) is 0 Å². The maximum atomic E-state index is 12.1. The zero-order valence-corrected chi connectivity index (χ0v) is 14.8. The van der Waals surface area contributed by atoms with E-state index in [0.29, 0.717) is 5.69 Å². The van der Waals surface area contributed by atoms with Gasteiger partial charge in [-0.05, 0) is 49.6 Å². The molecule has 0 saturated heterocycles. The maximum absolute atomic E-state index is 12.1. The summed E-state index contributed by atoms with van der Waals surface area (Å²) in [5.41, 5.74) is 4.92. The SMILES string of the molecule is CCC1=C(C/C=C(\C)Cl)C(c2c(C)c[nH]c2C(=O)OC)C=CN1. The van der Waals surface area contributed by atoms with E-state index in [9.17, 15) is 4.79 Å². The van der Waals surface area contributed by atoms with Crippen LogP contribution in [0.25, 0.3) is 0 Å². The summed E-state index contributed by atoms with van der Waals surface area (Å²) in [5, 5.41) is 4.08. The lowest BCUT2D eigenvalue weighted by molar-refractivity contribution is 0.0593. The normalized spacial score (nSPS) is 18.1. The number of dihydropyridines is 1. The fraction of sp³-hybridized carbons (Fsp3) is 0.389. The molecule has 0 aromatic carbocycles. The van der Waals surface area contributed by atoms with Gasteiger partial charge in [-0.15, -0.1) is 0 Å². The molecule has 1 aliphatic rings. The van der Waals surface area contributed by atoms with Crippen LogP contribution in [0.3, 0.4) is 0 Å². The van der Waals surface area contributed by atoms with Crippen LogP contribution in [0.2, 0.25) is 0 Å². The summed E-state index contributed by atoms with van der Waals surface area (Å²) in [7, 11) is 1.40. The smallest absolute Gasteiger partial charge is 0.354 e. The number of allylic oxidation sites excluding steroid dienone is 5. The molecule has 0 radical (unpaired) electrons. The highest BCUT2D eigenvalue weighted by Crippen LogP contribution is 2.37. The molecular formula is C18H23ClN2O2. The van der Waals surface area contributed by atoms with Gasteiger partial charge in [-0.25, -0.2) is 4.79 Å². The van der Waals surface area contributed by atoms with Gasteiger partial charge >= 0.3 is 5.97 Å². The Balaban J connectivity index is 2.51. The number of hydrogen-bond acceptors (Lipinski definition) is 3. The van der Waals surface area contributed by atoms with Gasteiger partial charge in [-0.1, -0.05) is 30.7 Å². The average molecular weight is 335 g/mol. The second-order valence-electron chi connectivity index (χ2n) is 5.59. The summed E-state index contributed by atoms with van der Waals surface area (Å²) in [6.45, 7) is 5.98. The Labute approximate surface area is 142 Å². The molecule has 2 N–H and O–H groups in total. The molecule has 0 saturated carbocycles. The molecule has 2 rings (SSSR count). The maximum Gasteiger partial charge on any atom is 0.354 e. The topological polar surface area (TPSA) is 54.1 Å². The van der Waals surface area contributed by atoms with Crippen molar-refractivity contribution in [1.29, 1.82) is 0 Å². The van der Waals surface area contributed by atoms with E-state index in [1.165, 1.54) is 18.4 Å². The minimum Gasteiger partial charge on any atom is -0.464 e. The van der Waals surface area contributed by atoms with Crippen molar-refractivity contribution in [3.8, 4) is 0 Å². The average Bonchev–Trinajstić information content (AvgIpc) is 2.93. The quantitative estimate of drug-likeness (QED) is 0.779. The number of halogens is 1. The van der Waals surface area contributed by atoms with E-state index in [4.69, 9.17) is 16.3 Å². The van der Waals surface area contributed by atoms with Crippen LogP contribution < -0.4 is 5.32 Å². The predicted octanol–water partition coefficient (Wildman–Crippen LogP) is 4.51. The van der Waals surface area contributed by atoms with E-state index in [2.05, 4.69) is 23.3 Å². The monoisotopic (exact) mass is 334 g/mol. The molecule has 1 atom stereocenters. The zero-order valence-electron chi connectivity index (χ0n) is 14.0. The fourth-order valence-electron chi connectivity index (χ4n) is 2.95. The highest BCUT2D eigenvalue weighted by atomic mass is 35.5. The van der Waals surface area contributed by atoms with Crippen molar-refractivity contribution < 1.29 is 9.53 Å². The highest BCUT2D eigenvalue weighted by molar-refractivity contribution is 6.29. The Morgan fingerprint density at radius 1 is 1.48 bits per heavy atom. The number of aromatic amines is 1. The molecule has 0 aliphatic carbocycles. The number of carbonyl (C=O) groups is 1. The number of rotatable bonds is 5. The lowest BCUT2D eigenvalue weighted by Crippen LogP contribution is -2.19. The molecule has 1 aromatic rings. The van der Waals surface area contributed by atoms with Crippen molar-refractivity contribution in [2.45, 2.75) is 39.5 Å². The van der Waals surface area contributed by atoms with Crippen LogP contribution in [0.4, 0.5) is 0 Å². The highest BCUT2D eigenvalue weighted by Gasteiger charge is 2.27. The van der Waals surface area contributed by atoms with Gasteiger partial charge in [0.2, 0.25) is 0 Å². The molecule has 1 unspecified atom stereocenters. The van der Waals surface area contributed by atoms with E-state index in [1.54, 1.807) is 0 Å². The summed E-state index contributed by atoms with van der Waals surface area (Å²) in [4.78, 5) is 15.1. The molecule has 2 heterocycles. The lowest BCUT2D eigenvalue weighted by Gasteiger charge is -2.26. The van der Waals surface area contributed by atoms with Crippen LogP contribution in [-0.2, 0) is 4.74 Å². The number of hydrogen-bond donors (Lipinski definition) is 2. The van der Waals surface area contributed by atoms with Gasteiger partial charge in [0.1, 0.15) is 5.69 Å². The summed E-state index contributed by atoms with van der Waals surface area (Å²) in [5.74, 6) is -0.319. The first-order chi connectivity index (χ1) is 11.0. The Morgan fingerprint density at radius 2 is 2.22 bits per heavy atom. The van der Waals surface area contributed by atoms with Crippen molar-refractivity contribution in [2.75, 3.05) is 7.11 Å². The van der Waals surface area contributed by atoms with Crippen LogP contribution in [0.15, 0.2) is 40.9 Å². The molecule has 5 heteroatoms. The van der Waals surface area contributed by atoms with Crippen molar-refractivity contribution in [3.63, 3.8) is 0 Å². The van der Waals surface area contributed by atoms with Crippen molar-refractivity contribution in [3.05, 3.63) is 57.7 Å². The van der Waals surface area contributed by atoms with Gasteiger partial charge in [0.25, 0.3) is 0 Å². The fourth-order valence-corrected chi connectivity index (χ4v) is 3.02. The van der Waals surface area contributed by atoms with Crippen molar-refractivity contribution in [1.82, 2.24) is 10.3 Å². The third kappa shape index (κ3) is 3.70. The number of methoxy groups -OCH3 is 1. The number of aryl methyl sites for hydroxylation is 1. The van der Waals surface area contributed by atoms with Crippen molar-refractivity contribution in [2.24, 2.45) is 0 Å². The second kappa shape index (κ2) is 7.55. The molecule has 1 aromatic heterocycles. The van der Waals surface area contributed by atoms with Gasteiger partial charge < -0.3 is 15.0 Å². The molecule has 0 bridgehead atoms. The number of ether oxygens (including phenoxy) is 1. The third-order valence-electron chi connectivity index (χ3n) is 4.09. The Morgan fingerprint density at radius 3 is 2.83 bits per heavy atom. The lowest BCUT2D eigenvalue weighted by atomic mass is 9.83. The molecular weight excluding hydrogens is 312 g/mol. The largest absolute Gasteiger partial charge is 0.464 e. The van der Waals surface area contributed by atoms with Crippen LogP contribution in [-0.4, -0.2) is 18.1 Å². The third-order valence-corrected chi connectivity index (χ3v) is 4.25. The second-order valence-corrected chi connectivity index (χ2v) is 6.18. The van der Waals surface area contributed by atoms with E-state index in [1.807, 2.05) is 32.3 Å². The number of aromatic nitrogens is 1. The molecule has 0 fully saturated rings. The minimum absolute atomic E-state index is 0.0267. The zero-order chi connectivity index (χ0) is 17.0. The van der Waals surface area contributed by atoms with Gasteiger partial charge in [-0.3, -0.25) is 0 Å².